The van der Waals surface area contributed by atoms with E-state index in [9.17, 15) is 13.2 Å². The van der Waals surface area contributed by atoms with Crippen LogP contribution < -0.4 is 5.32 Å². The van der Waals surface area contributed by atoms with Gasteiger partial charge in [0.25, 0.3) is 0 Å². The zero-order chi connectivity index (χ0) is 20.0. The Labute approximate surface area is 187 Å². The van der Waals surface area contributed by atoms with Gasteiger partial charge >= 0.3 is 6.18 Å². The predicted octanol–water partition coefficient (Wildman–Crippen LogP) is 3.63. The van der Waals surface area contributed by atoms with Crippen molar-refractivity contribution in [1.82, 2.24) is 15.1 Å². The van der Waals surface area contributed by atoms with E-state index in [4.69, 9.17) is 4.74 Å². The number of nitrogens with one attached hydrogen (secondary N) is 1. The smallest absolute Gasteiger partial charge is 0.367 e. The van der Waals surface area contributed by atoms with Crippen molar-refractivity contribution in [1.29, 1.82) is 0 Å². The van der Waals surface area contributed by atoms with Crippen LogP contribution in [0.15, 0.2) is 29.3 Å². The molecular formula is C20H30F3IN4O. The molecule has 0 aromatic heterocycles. The number of hydrogen-bond acceptors (Lipinski definition) is 3. The highest BCUT2D eigenvalue weighted by atomic mass is 127. The van der Waals surface area contributed by atoms with Gasteiger partial charge in [0.15, 0.2) is 5.96 Å². The molecule has 3 rings (SSSR count). The predicted molar refractivity (Wildman–Crippen MR) is 119 cm³/mol. The molecule has 29 heavy (non-hydrogen) atoms. The number of halogens is 4. The highest BCUT2D eigenvalue weighted by molar-refractivity contribution is 14.0. The number of alkyl halides is 3. The molecule has 164 valence electrons. The van der Waals surface area contributed by atoms with E-state index in [1.54, 1.807) is 13.1 Å². The van der Waals surface area contributed by atoms with E-state index in [1.165, 1.54) is 25.9 Å². The number of guanidine groups is 1. The summed E-state index contributed by atoms with van der Waals surface area (Å²) >= 11 is 0. The first-order valence-corrected chi connectivity index (χ1v) is 9.86. The summed E-state index contributed by atoms with van der Waals surface area (Å²) in [4.78, 5) is 9.28. The Bertz CT molecular complexity index is 665. The van der Waals surface area contributed by atoms with Gasteiger partial charge in [0.1, 0.15) is 6.61 Å². The monoisotopic (exact) mass is 526 g/mol. The van der Waals surface area contributed by atoms with Gasteiger partial charge in [-0.25, -0.2) is 0 Å². The molecule has 5 nitrogen and oxygen atoms in total. The molecular weight excluding hydrogens is 496 g/mol. The molecule has 1 aromatic rings. The fourth-order valence-electron chi connectivity index (χ4n) is 3.97. The minimum absolute atomic E-state index is 0. The number of benzene rings is 1. The Hall–Kier alpha value is -1.07. The lowest BCUT2D eigenvalue weighted by molar-refractivity contribution is -0.176. The lowest BCUT2D eigenvalue weighted by Gasteiger charge is -2.25. The van der Waals surface area contributed by atoms with Gasteiger partial charge in [-0.3, -0.25) is 9.89 Å². The van der Waals surface area contributed by atoms with Crippen molar-refractivity contribution in [2.75, 3.05) is 39.8 Å². The Kier molecular flexibility index (Phi) is 9.48. The summed E-state index contributed by atoms with van der Waals surface area (Å²) < 4.78 is 41.4. The molecule has 2 fully saturated rings. The molecule has 0 saturated carbocycles. The van der Waals surface area contributed by atoms with Crippen LogP contribution in [0, 0.1) is 0 Å². The van der Waals surface area contributed by atoms with E-state index in [-0.39, 0.29) is 30.6 Å². The zero-order valence-corrected chi connectivity index (χ0v) is 19.1. The Morgan fingerprint density at radius 1 is 1.21 bits per heavy atom. The molecule has 0 amide bonds. The van der Waals surface area contributed by atoms with Crippen molar-refractivity contribution in [2.24, 2.45) is 4.99 Å². The van der Waals surface area contributed by atoms with Gasteiger partial charge in [0.2, 0.25) is 0 Å². The normalized spacial score (nSPS) is 20.8. The first-order valence-electron chi connectivity index (χ1n) is 9.86. The maximum atomic E-state index is 12.2. The second kappa shape index (κ2) is 11.4. The third kappa shape index (κ3) is 7.60. The van der Waals surface area contributed by atoms with Gasteiger partial charge in [0.05, 0.1) is 6.61 Å². The summed E-state index contributed by atoms with van der Waals surface area (Å²) in [6.45, 7) is 3.68. The summed E-state index contributed by atoms with van der Waals surface area (Å²) in [5.74, 6) is 0.875. The van der Waals surface area contributed by atoms with Crippen molar-refractivity contribution in [3.05, 3.63) is 35.4 Å². The molecule has 0 radical (unpaired) electrons. The molecule has 0 aliphatic carbocycles. The number of hydrogen-bond donors (Lipinski definition) is 1. The fourth-order valence-corrected chi connectivity index (χ4v) is 3.97. The number of nitrogens with zero attached hydrogens (tertiary/aromatic N) is 3. The van der Waals surface area contributed by atoms with E-state index in [2.05, 4.69) is 20.1 Å². The Morgan fingerprint density at radius 2 is 1.93 bits per heavy atom. The lowest BCUT2D eigenvalue weighted by atomic mass is 10.1. The molecule has 9 heteroatoms. The molecule has 2 saturated heterocycles. The number of ether oxygens (including phenoxy) is 1. The average Bonchev–Trinajstić information content (AvgIpc) is 3.33. The van der Waals surface area contributed by atoms with Crippen LogP contribution in [-0.2, 0) is 17.9 Å². The molecule has 2 heterocycles. The van der Waals surface area contributed by atoms with Gasteiger partial charge in [-0.2, -0.15) is 13.2 Å². The number of likely N-dealkylation sites (tertiary alicyclic amines) is 2. The van der Waals surface area contributed by atoms with Crippen LogP contribution in [0.25, 0.3) is 0 Å². The van der Waals surface area contributed by atoms with Crippen molar-refractivity contribution < 1.29 is 17.9 Å². The molecule has 2 aliphatic rings. The summed E-state index contributed by atoms with van der Waals surface area (Å²) in [6, 6.07) is 8.04. The largest absolute Gasteiger partial charge is 0.411 e. The van der Waals surface area contributed by atoms with Crippen LogP contribution in [0.4, 0.5) is 13.2 Å². The second-order valence-corrected chi connectivity index (χ2v) is 7.46. The molecule has 0 spiro atoms. The van der Waals surface area contributed by atoms with Crippen LogP contribution in [0.2, 0.25) is 0 Å². The van der Waals surface area contributed by atoms with E-state index in [0.29, 0.717) is 12.6 Å². The van der Waals surface area contributed by atoms with Crippen molar-refractivity contribution in [3.63, 3.8) is 0 Å². The molecule has 1 N–H and O–H groups in total. The lowest BCUT2D eigenvalue weighted by Crippen LogP contribution is -2.42. The maximum absolute atomic E-state index is 12.2. The van der Waals surface area contributed by atoms with E-state index >= 15 is 0 Å². The SMILES string of the molecule is CN=C(NCc1cccc(COCC(F)(F)F)c1)N1CCC(N2CCCC2)C1.I. The third-order valence-electron chi connectivity index (χ3n) is 5.31. The Balaban J connectivity index is 0.00000300. The van der Waals surface area contributed by atoms with E-state index < -0.39 is 12.8 Å². The van der Waals surface area contributed by atoms with Crippen molar-refractivity contribution in [2.45, 2.75) is 44.6 Å². The first kappa shape index (κ1) is 24.2. The van der Waals surface area contributed by atoms with Crippen LogP contribution in [-0.4, -0.2) is 67.8 Å². The van der Waals surface area contributed by atoms with Crippen LogP contribution in [0.5, 0.6) is 0 Å². The Morgan fingerprint density at radius 3 is 2.62 bits per heavy atom. The van der Waals surface area contributed by atoms with Gasteiger partial charge in [-0.1, -0.05) is 24.3 Å². The highest BCUT2D eigenvalue weighted by Gasteiger charge is 2.30. The third-order valence-corrected chi connectivity index (χ3v) is 5.31. The molecule has 2 aliphatic heterocycles. The topological polar surface area (TPSA) is 40.1 Å². The first-order chi connectivity index (χ1) is 13.4. The number of rotatable bonds is 6. The van der Waals surface area contributed by atoms with Gasteiger partial charge < -0.3 is 15.0 Å². The van der Waals surface area contributed by atoms with Gasteiger partial charge in [-0.15, -0.1) is 24.0 Å². The minimum atomic E-state index is -4.30. The van der Waals surface area contributed by atoms with E-state index in [1.807, 2.05) is 18.2 Å². The van der Waals surface area contributed by atoms with Crippen LogP contribution in [0.3, 0.4) is 0 Å². The van der Waals surface area contributed by atoms with Crippen molar-refractivity contribution in [3.8, 4) is 0 Å². The van der Waals surface area contributed by atoms with E-state index in [0.717, 1.165) is 36.6 Å². The molecule has 1 aromatic carbocycles. The zero-order valence-electron chi connectivity index (χ0n) is 16.7. The summed E-state index contributed by atoms with van der Waals surface area (Å²) in [7, 11) is 1.78. The highest BCUT2D eigenvalue weighted by Crippen LogP contribution is 2.20. The maximum Gasteiger partial charge on any atom is 0.411 e. The fraction of sp³-hybridized carbons (Fsp3) is 0.650. The van der Waals surface area contributed by atoms with Gasteiger partial charge in [-0.05, 0) is 43.5 Å². The standard InChI is InChI=1S/C20H29F3N4O.HI/c1-24-19(27-10-7-18(13-27)26-8-2-3-9-26)25-12-16-5-4-6-17(11-16)14-28-15-20(21,22)23;/h4-6,11,18H,2-3,7-10,12-15H2,1H3,(H,24,25);1H. The quantitative estimate of drug-likeness (QED) is 0.350. The van der Waals surface area contributed by atoms with Crippen molar-refractivity contribution >= 4 is 29.9 Å². The summed E-state index contributed by atoms with van der Waals surface area (Å²) in [6.07, 6.45) is -0.542. The summed E-state index contributed by atoms with van der Waals surface area (Å²) in [5, 5.41) is 3.38. The average molecular weight is 526 g/mol. The molecule has 1 atom stereocenters. The number of aliphatic imine (C=N–C) groups is 1. The van der Waals surface area contributed by atoms with Crippen LogP contribution >= 0.6 is 24.0 Å². The minimum Gasteiger partial charge on any atom is -0.367 e. The van der Waals surface area contributed by atoms with Gasteiger partial charge in [0, 0.05) is 32.7 Å². The second-order valence-electron chi connectivity index (χ2n) is 7.46. The van der Waals surface area contributed by atoms with Crippen LogP contribution in [0.1, 0.15) is 30.4 Å². The molecule has 0 bridgehead atoms. The summed E-state index contributed by atoms with van der Waals surface area (Å²) in [5.41, 5.74) is 1.72. The molecule has 1 unspecified atom stereocenters.